The van der Waals surface area contributed by atoms with Crippen molar-refractivity contribution in [1.82, 2.24) is 4.31 Å². The summed E-state index contributed by atoms with van der Waals surface area (Å²) in [6.07, 6.45) is 1.48. The van der Waals surface area contributed by atoms with Crippen LogP contribution in [0, 0.1) is 6.92 Å². The van der Waals surface area contributed by atoms with Crippen molar-refractivity contribution in [2.45, 2.75) is 30.6 Å². The number of rotatable bonds is 6. The normalized spacial score (nSPS) is 21.2. The lowest BCUT2D eigenvalue weighted by molar-refractivity contribution is -0.0566. The highest BCUT2D eigenvalue weighted by Gasteiger charge is 2.45. The van der Waals surface area contributed by atoms with Crippen LogP contribution < -0.4 is 0 Å². The molecule has 1 heterocycles. The van der Waals surface area contributed by atoms with Crippen molar-refractivity contribution in [2.24, 2.45) is 0 Å². The van der Waals surface area contributed by atoms with Crippen molar-refractivity contribution in [3.8, 4) is 0 Å². The van der Waals surface area contributed by atoms with Gasteiger partial charge in [0.25, 0.3) is 0 Å². The van der Waals surface area contributed by atoms with Crippen LogP contribution in [0.4, 0.5) is 0 Å². The molecule has 2 aromatic rings. The first-order chi connectivity index (χ1) is 11.5. The van der Waals surface area contributed by atoms with Crippen molar-refractivity contribution in [2.75, 3.05) is 6.54 Å². The molecule has 1 aliphatic rings. The minimum absolute atomic E-state index is 0.164. The van der Waals surface area contributed by atoms with Crippen molar-refractivity contribution >= 4 is 10.0 Å². The molecule has 24 heavy (non-hydrogen) atoms. The molecule has 0 bridgehead atoms. The van der Waals surface area contributed by atoms with Crippen molar-refractivity contribution in [1.29, 1.82) is 0 Å². The van der Waals surface area contributed by atoms with Gasteiger partial charge in [0, 0.05) is 6.54 Å². The van der Waals surface area contributed by atoms with Crippen LogP contribution >= 0.6 is 0 Å². The van der Waals surface area contributed by atoms with Gasteiger partial charge in [-0.05, 0) is 24.6 Å². The van der Waals surface area contributed by atoms with Crippen LogP contribution in [0.1, 0.15) is 11.1 Å². The Morgan fingerprint density at radius 3 is 2.46 bits per heavy atom. The van der Waals surface area contributed by atoms with Crippen molar-refractivity contribution in [3.63, 3.8) is 0 Å². The SMILES string of the molecule is C=C[C@H]1[C@H](OCc2ccccc2)CN1S(=O)(=O)c1ccc(C)cc1. The Kier molecular flexibility index (Phi) is 4.85. The average molecular weight is 343 g/mol. The van der Waals surface area contributed by atoms with Gasteiger partial charge in [-0.15, -0.1) is 6.58 Å². The molecule has 3 rings (SSSR count). The highest BCUT2D eigenvalue weighted by molar-refractivity contribution is 7.89. The summed E-state index contributed by atoms with van der Waals surface area (Å²) in [5.41, 5.74) is 2.10. The molecule has 0 N–H and O–H groups in total. The van der Waals surface area contributed by atoms with Gasteiger partial charge in [-0.1, -0.05) is 54.1 Å². The Hall–Kier alpha value is -1.95. The van der Waals surface area contributed by atoms with Gasteiger partial charge in [0.2, 0.25) is 10.0 Å². The first-order valence-electron chi connectivity index (χ1n) is 7.89. The van der Waals surface area contributed by atoms with E-state index >= 15 is 0 Å². The van der Waals surface area contributed by atoms with E-state index in [1.54, 1.807) is 30.3 Å². The van der Waals surface area contributed by atoms with Gasteiger partial charge in [-0.25, -0.2) is 8.42 Å². The summed E-state index contributed by atoms with van der Waals surface area (Å²) in [6, 6.07) is 16.4. The van der Waals surface area contributed by atoms with Gasteiger partial charge in [0.15, 0.2) is 0 Å². The lowest BCUT2D eigenvalue weighted by Gasteiger charge is -2.44. The van der Waals surface area contributed by atoms with Crippen LogP contribution in [0.15, 0.2) is 72.1 Å². The highest BCUT2D eigenvalue weighted by Crippen LogP contribution is 2.30. The van der Waals surface area contributed by atoms with Gasteiger partial charge in [0.05, 0.1) is 23.6 Å². The molecule has 0 amide bonds. The molecule has 0 aliphatic carbocycles. The average Bonchev–Trinajstić information content (AvgIpc) is 2.55. The number of benzene rings is 2. The third-order valence-corrected chi connectivity index (χ3v) is 6.13. The molecule has 1 fully saturated rings. The molecule has 0 aromatic heterocycles. The second-order valence-electron chi connectivity index (χ2n) is 5.95. The van der Waals surface area contributed by atoms with Crippen LogP contribution in [0.5, 0.6) is 0 Å². The van der Waals surface area contributed by atoms with E-state index in [0.29, 0.717) is 18.0 Å². The molecular formula is C19H21NO3S. The Balaban J connectivity index is 1.68. The predicted molar refractivity (Wildman–Crippen MR) is 94.1 cm³/mol. The largest absolute Gasteiger partial charge is 0.370 e. The summed E-state index contributed by atoms with van der Waals surface area (Å²) in [5.74, 6) is 0. The third kappa shape index (κ3) is 3.29. The zero-order valence-corrected chi connectivity index (χ0v) is 14.4. The standard InChI is InChI=1S/C19H21NO3S/c1-3-18-19(23-14-16-7-5-4-6-8-16)13-20(18)24(21,22)17-11-9-15(2)10-12-17/h3-12,18-19H,1,13-14H2,2H3/t18-,19+/m0/s1. The summed E-state index contributed by atoms with van der Waals surface area (Å²) < 4.78 is 32.8. The molecule has 1 aliphatic heterocycles. The molecule has 0 unspecified atom stereocenters. The Morgan fingerprint density at radius 2 is 1.83 bits per heavy atom. The minimum atomic E-state index is -3.51. The Bertz CT molecular complexity index is 800. The number of hydrogen-bond donors (Lipinski definition) is 0. The van der Waals surface area contributed by atoms with Gasteiger partial charge in [-0.2, -0.15) is 4.31 Å². The fourth-order valence-electron chi connectivity index (χ4n) is 2.76. The summed E-state index contributed by atoms with van der Waals surface area (Å²) >= 11 is 0. The summed E-state index contributed by atoms with van der Waals surface area (Å²) in [7, 11) is -3.51. The number of ether oxygens (including phenoxy) is 1. The fraction of sp³-hybridized carbons (Fsp3) is 0.263. The van der Waals surface area contributed by atoms with Crippen LogP contribution in [0.2, 0.25) is 0 Å². The van der Waals surface area contributed by atoms with Gasteiger partial charge >= 0.3 is 0 Å². The quantitative estimate of drug-likeness (QED) is 0.757. The van der Waals surface area contributed by atoms with E-state index in [2.05, 4.69) is 6.58 Å². The van der Waals surface area contributed by atoms with Crippen LogP contribution in [0.25, 0.3) is 0 Å². The summed E-state index contributed by atoms with van der Waals surface area (Å²) in [5, 5.41) is 0. The van der Waals surface area contributed by atoms with Gasteiger partial charge in [0.1, 0.15) is 0 Å². The molecule has 126 valence electrons. The molecule has 0 spiro atoms. The van der Waals surface area contributed by atoms with Crippen LogP contribution in [-0.2, 0) is 21.4 Å². The van der Waals surface area contributed by atoms with E-state index in [4.69, 9.17) is 4.74 Å². The second kappa shape index (κ2) is 6.89. The third-order valence-electron chi connectivity index (χ3n) is 4.25. The number of nitrogens with zero attached hydrogens (tertiary/aromatic N) is 1. The van der Waals surface area contributed by atoms with E-state index in [-0.39, 0.29) is 12.1 Å². The smallest absolute Gasteiger partial charge is 0.243 e. The molecule has 0 saturated carbocycles. The fourth-order valence-corrected chi connectivity index (χ4v) is 4.39. The minimum Gasteiger partial charge on any atom is -0.370 e. The number of hydrogen-bond acceptors (Lipinski definition) is 3. The van der Waals surface area contributed by atoms with Gasteiger partial charge < -0.3 is 4.74 Å². The molecule has 2 atom stereocenters. The monoisotopic (exact) mass is 343 g/mol. The maximum absolute atomic E-state index is 12.7. The zero-order chi connectivity index (χ0) is 17.2. The lowest BCUT2D eigenvalue weighted by atomic mass is 10.0. The molecule has 0 radical (unpaired) electrons. The lowest BCUT2D eigenvalue weighted by Crippen LogP contribution is -2.61. The number of sulfonamides is 1. The van der Waals surface area contributed by atoms with Crippen molar-refractivity contribution in [3.05, 3.63) is 78.4 Å². The van der Waals surface area contributed by atoms with E-state index in [1.807, 2.05) is 37.3 Å². The van der Waals surface area contributed by atoms with E-state index in [0.717, 1.165) is 11.1 Å². The topological polar surface area (TPSA) is 46.6 Å². The molecule has 2 aromatic carbocycles. The molecule has 4 nitrogen and oxygen atoms in total. The van der Waals surface area contributed by atoms with E-state index in [1.165, 1.54) is 4.31 Å². The Morgan fingerprint density at radius 1 is 1.17 bits per heavy atom. The maximum Gasteiger partial charge on any atom is 0.243 e. The maximum atomic E-state index is 12.7. The van der Waals surface area contributed by atoms with Gasteiger partial charge in [-0.3, -0.25) is 0 Å². The van der Waals surface area contributed by atoms with Crippen LogP contribution in [-0.4, -0.2) is 31.4 Å². The van der Waals surface area contributed by atoms with Crippen molar-refractivity contribution < 1.29 is 13.2 Å². The second-order valence-corrected chi connectivity index (χ2v) is 7.84. The molecular weight excluding hydrogens is 322 g/mol. The first-order valence-corrected chi connectivity index (χ1v) is 9.33. The zero-order valence-electron chi connectivity index (χ0n) is 13.6. The van der Waals surface area contributed by atoms with E-state index < -0.39 is 10.0 Å². The van der Waals surface area contributed by atoms with Crippen LogP contribution in [0.3, 0.4) is 0 Å². The predicted octanol–water partition coefficient (Wildman–Crippen LogP) is 3.14. The number of aryl methyl sites for hydroxylation is 1. The highest BCUT2D eigenvalue weighted by atomic mass is 32.2. The first kappa shape index (κ1) is 16.9. The molecule has 5 heteroatoms. The summed E-state index contributed by atoms with van der Waals surface area (Å²) in [6.45, 7) is 6.52. The van der Waals surface area contributed by atoms with E-state index in [9.17, 15) is 8.42 Å². The summed E-state index contributed by atoms with van der Waals surface area (Å²) in [4.78, 5) is 0.307. The molecule has 1 saturated heterocycles. The Labute approximate surface area is 143 Å².